The lowest BCUT2D eigenvalue weighted by molar-refractivity contribution is -0.140. The fraction of sp³-hybridized carbons (Fsp3) is 0.267. The number of allylic oxidation sites excluding steroid dienone is 1. The molecule has 0 amide bonds. The lowest BCUT2D eigenvalue weighted by Crippen LogP contribution is -2.40. The molecule has 0 radical (unpaired) electrons. The molecule has 1 aliphatic heterocycles. The van der Waals surface area contributed by atoms with Crippen LogP contribution in [0.25, 0.3) is 6.08 Å². The van der Waals surface area contributed by atoms with Gasteiger partial charge in [-0.25, -0.2) is 14.6 Å². The number of rotatable bonds is 12. The average molecular weight is 648 g/mol. The second-order valence-electron chi connectivity index (χ2n) is 9.04. The first kappa shape index (κ1) is 31.9. The van der Waals surface area contributed by atoms with Crippen LogP contribution in [0.5, 0.6) is 17.2 Å². The predicted octanol–water partition coefficient (Wildman–Crippen LogP) is 4.53. The summed E-state index contributed by atoms with van der Waals surface area (Å²) in [6, 6.07) is 7.35. The smallest absolute Gasteiger partial charge is 0.341 e. The van der Waals surface area contributed by atoms with E-state index in [0.29, 0.717) is 44.3 Å². The van der Waals surface area contributed by atoms with Crippen LogP contribution in [0.15, 0.2) is 64.0 Å². The number of carbonyl (C=O) groups is 2. The molecule has 2 heterocycles. The molecule has 0 bridgehead atoms. The zero-order valence-corrected chi connectivity index (χ0v) is 25.8. The highest BCUT2D eigenvalue weighted by Gasteiger charge is 2.34. The van der Waals surface area contributed by atoms with Crippen LogP contribution in [-0.2, 0) is 14.3 Å². The van der Waals surface area contributed by atoms with Crippen LogP contribution >= 0.6 is 34.5 Å². The van der Waals surface area contributed by atoms with E-state index in [1.165, 1.54) is 16.7 Å². The van der Waals surface area contributed by atoms with Crippen LogP contribution in [-0.4, -0.2) is 48.0 Å². The normalized spacial score (nSPS) is 14.5. The molecule has 1 atom stereocenters. The molecule has 1 N–H and O–H groups in total. The van der Waals surface area contributed by atoms with Crippen LogP contribution in [0.3, 0.4) is 0 Å². The monoisotopic (exact) mass is 646 g/mol. The highest BCUT2D eigenvalue weighted by molar-refractivity contribution is 7.07. The minimum Gasteiger partial charge on any atom is -0.490 e. The van der Waals surface area contributed by atoms with Crippen LogP contribution in [0.1, 0.15) is 37.9 Å². The Kier molecular flexibility index (Phi) is 10.3. The number of fused-ring (bicyclic) bond motifs is 1. The van der Waals surface area contributed by atoms with Crippen molar-refractivity contribution in [2.24, 2.45) is 4.99 Å². The topological polar surface area (TPSA) is 126 Å². The molecule has 0 spiro atoms. The molecule has 2 aromatic carbocycles. The molecule has 10 nitrogen and oxygen atoms in total. The molecular formula is C30H28Cl2N2O8S. The molecule has 0 fully saturated rings. The summed E-state index contributed by atoms with van der Waals surface area (Å²) >= 11 is 13.7. The van der Waals surface area contributed by atoms with Gasteiger partial charge in [0.05, 0.1) is 45.1 Å². The highest BCUT2D eigenvalue weighted by atomic mass is 35.5. The summed E-state index contributed by atoms with van der Waals surface area (Å²) in [6.07, 6.45) is 3.20. The molecule has 3 aromatic rings. The maximum atomic E-state index is 14.0. The number of ether oxygens (including phenoxy) is 4. The summed E-state index contributed by atoms with van der Waals surface area (Å²) in [5.41, 5.74) is 1.28. The van der Waals surface area contributed by atoms with Gasteiger partial charge in [-0.05, 0) is 62.2 Å². The molecule has 13 heteroatoms. The molecule has 1 aromatic heterocycles. The molecule has 4 rings (SSSR count). The Morgan fingerprint density at radius 3 is 2.44 bits per heavy atom. The number of aromatic nitrogens is 1. The Balaban J connectivity index is 1.89. The molecule has 0 saturated carbocycles. The van der Waals surface area contributed by atoms with E-state index < -0.39 is 30.1 Å². The third-order valence-electron chi connectivity index (χ3n) is 6.12. The third kappa shape index (κ3) is 6.96. The van der Waals surface area contributed by atoms with Crippen molar-refractivity contribution in [3.8, 4) is 17.2 Å². The lowest BCUT2D eigenvalue weighted by Gasteiger charge is -2.25. The van der Waals surface area contributed by atoms with Gasteiger partial charge in [0, 0.05) is 0 Å². The van der Waals surface area contributed by atoms with E-state index in [1.807, 2.05) is 6.92 Å². The van der Waals surface area contributed by atoms with E-state index in [2.05, 4.69) is 11.6 Å². The van der Waals surface area contributed by atoms with Gasteiger partial charge in [-0.1, -0.05) is 53.3 Å². The zero-order chi connectivity index (χ0) is 31.3. The van der Waals surface area contributed by atoms with E-state index in [1.54, 1.807) is 44.2 Å². The van der Waals surface area contributed by atoms with Crippen LogP contribution in [0, 0.1) is 0 Å². The van der Waals surface area contributed by atoms with Crippen LogP contribution in [0.4, 0.5) is 0 Å². The first-order valence-electron chi connectivity index (χ1n) is 13.1. The number of nitrogens with zero attached hydrogens (tertiary/aromatic N) is 2. The van der Waals surface area contributed by atoms with E-state index in [9.17, 15) is 14.4 Å². The number of benzene rings is 2. The van der Waals surface area contributed by atoms with Gasteiger partial charge in [0.25, 0.3) is 5.56 Å². The number of hydrogen-bond acceptors (Lipinski definition) is 9. The Morgan fingerprint density at radius 1 is 1.09 bits per heavy atom. The van der Waals surface area contributed by atoms with Crippen molar-refractivity contribution in [1.82, 2.24) is 4.57 Å². The number of carboxylic acid groups (broad SMARTS) is 1. The fourth-order valence-electron chi connectivity index (χ4n) is 4.42. The average Bonchev–Trinajstić information content (AvgIpc) is 3.25. The minimum atomic E-state index is -1.18. The maximum absolute atomic E-state index is 14.0. The summed E-state index contributed by atoms with van der Waals surface area (Å²) in [7, 11) is 0. The molecule has 43 heavy (non-hydrogen) atoms. The molecule has 0 unspecified atom stereocenters. The summed E-state index contributed by atoms with van der Waals surface area (Å²) in [5, 5.41) is 9.05. The van der Waals surface area contributed by atoms with Crippen molar-refractivity contribution in [3.63, 3.8) is 0 Å². The number of esters is 1. The summed E-state index contributed by atoms with van der Waals surface area (Å²) < 4.78 is 23.8. The van der Waals surface area contributed by atoms with Gasteiger partial charge in [0.2, 0.25) is 0 Å². The Hall–Kier alpha value is -4.06. The van der Waals surface area contributed by atoms with Gasteiger partial charge in [0.1, 0.15) is 6.61 Å². The molecule has 0 saturated heterocycles. The second-order valence-corrected chi connectivity index (χ2v) is 10.9. The van der Waals surface area contributed by atoms with Gasteiger partial charge < -0.3 is 24.1 Å². The van der Waals surface area contributed by atoms with E-state index in [0.717, 1.165) is 11.3 Å². The number of carbonyl (C=O) groups excluding carboxylic acids is 1. The SMILES string of the molecule is C=CCOc1ccc([C@@H]2C(C(=O)OCC)=C(C)N=c3sc(=Cc4cc(Cl)c(OCC(=O)O)c(Cl)c4)c(=O)n32)cc1OCC. The van der Waals surface area contributed by atoms with E-state index in [-0.39, 0.29) is 34.6 Å². The Bertz CT molecular complexity index is 1770. The van der Waals surface area contributed by atoms with Gasteiger partial charge in [0.15, 0.2) is 28.7 Å². The highest BCUT2D eigenvalue weighted by Crippen LogP contribution is 2.37. The van der Waals surface area contributed by atoms with Crippen molar-refractivity contribution in [2.75, 3.05) is 26.4 Å². The maximum Gasteiger partial charge on any atom is 0.341 e. The van der Waals surface area contributed by atoms with E-state index in [4.69, 9.17) is 47.3 Å². The van der Waals surface area contributed by atoms with E-state index >= 15 is 0 Å². The standard InChI is InChI=1S/C30H28Cl2N2O8S/c1-5-10-41-21-9-8-18(14-22(21)39-6-2)26-25(29(38)40-7-3)16(4)33-30-34(26)28(37)23(43-30)13-17-11-19(31)27(20(32)12-17)42-15-24(35)36/h5,8-9,11-14,26H,1,6-7,10,15H2,2-4H3,(H,35,36)/t26-/m1/s1. The van der Waals surface area contributed by atoms with Gasteiger partial charge in [-0.3, -0.25) is 9.36 Å². The van der Waals surface area contributed by atoms with Crippen molar-refractivity contribution in [1.29, 1.82) is 0 Å². The predicted molar refractivity (Wildman–Crippen MR) is 163 cm³/mol. The number of aliphatic carboxylic acids is 1. The quantitative estimate of drug-likeness (QED) is 0.225. The number of halogens is 2. The van der Waals surface area contributed by atoms with Crippen molar-refractivity contribution < 1.29 is 33.6 Å². The largest absolute Gasteiger partial charge is 0.490 e. The molecule has 226 valence electrons. The first-order chi connectivity index (χ1) is 20.6. The van der Waals surface area contributed by atoms with Gasteiger partial charge in [-0.15, -0.1) is 0 Å². The van der Waals surface area contributed by atoms with Crippen LogP contribution in [0.2, 0.25) is 10.0 Å². The second kappa shape index (κ2) is 13.9. The van der Waals surface area contributed by atoms with Crippen LogP contribution < -0.4 is 29.1 Å². The van der Waals surface area contributed by atoms with Crippen molar-refractivity contribution >= 4 is 52.6 Å². The first-order valence-corrected chi connectivity index (χ1v) is 14.7. The zero-order valence-electron chi connectivity index (χ0n) is 23.5. The van der Waals surface area contributed by atoms with Gasteiger partial charge >= 0.3 is 11.9 Å². The molecule has 0 aliphatic carbocycles. The lowest BCUT2D eigenvalue weighted by atomic mass is 9.95. The summed E-state index contributed by atoms with van der Waals surface area (Å²) in [4.78, 5) is 43.0. The Labute approximate surface area is 260 Å². The number of thiazole rings is 1. The fourth-order valence-corrected chi connectivity index (χ4v) is 6.08. The number of hydrogen-bond donors (Lipinski definition) is 1. The minimum absolute atomic E-state index is 0.0182. The van der Waals surface area contributed by atoms with Crippen molar-refractivity contribution in [2.45, 2.75) is 26.8 Å². The van der Waals surface area contributed by atoms with Crippen molar-refractivity contribution in [3.05, 3.63) is 95.1 Å². The summed E-state index contributed by atoms with van der Waals surface area (Å²) in [5.74, 6) is -0.832. The third-order valence-corrected chi connectivity index (χ3v) is 7.66. The number of carboxylic acids is 1. The summed E-state index contributed by atoms with van der Waals surface area (Å²) in [6.45, 7) is 9.05. The molecular weight excluding hydrogens is 619 g/mol. The Morgan fingerprint density at radius 2 is 1.81 bits per heavy atom. The molecule has 1 aliphatic rings. The van der Waals surface area contributed by atoms with Gasteiger partial charge in [-0.2, -0.15) is 0 Å².